The minimum atomic E-state index is 0.0276. The van der Waals surface area contributed by atoms with E-state index in [0.29, 0.717) is 6.54 Å². The Labute approximate surface area is 108 Å². The number of nitrogens with zero attached hydrogens (tertiary/aromatic N) is 1. The Hall–Kier alpha value is -1.39. The molecule has 2 rings (SSSR count). The molecular weight excluding hydrogens is 228 g/mol. The predicted molar refractivity (Wildman–Crippen MR) is 71.6 cm³/mol. The van der Waals surface area contributed by atoms with Crippen LogP contribution in [-0.4, -0.2) is 31.7 Å². The summed E-state index contributed by atoms with van der Waals surface area (Å²) in [6, 6.07) is 8.01. The number of ether oxygens (including phenoxy) is 1. The Balaban J connectivity index is 2.14. The molecule has 0 aliphatic carbocycles. The number of nitrogens with one attached hydrogen (secondary N) is 1. The molecule has 0 bridgehead atoms. The minimum absolute atomic E-state index is 0.0276. The molecule has 0 saturated heterocycles. The van der Waals surface area contributed by atoms with Gasteiger partial charge in [0.15, 0.2) is 0 Å². The smallest absolute Gasteiger partial charge is 0.253 e. The van der Waals surface area contributed by atoms with Crippen molar-refractivity contribution in [2.45, 2.75) is 26.5 Å². The molecule has 0 unspecified atom stereocenters. The number of amides is 1. The summed E-state index contributed by atoms with van der Waals surface area (Å²) < 4.78 is 5.40. The van der Waals surface area contributed by atoms with Gasteiger partial charge in [0.05, 0.1) is 6.10 Å². The number of hydrogen-bond acceptors (Lipinski definition) is 3. The predicted octanol–water partition coefficient (Wildman–Crippen LogP) is 1.55. The fourth-order valence-corrected chi connectivity index (χ4v) is 2.03. The van der Waals surface area contributed by atoms with Gasteiger partial charge in [-0.2, -0.15) is 0 Å². The Morgan fingerprint density at radius 3 is 3.00 bits per heavy atom. The van der Waals surface area contributed by atoms with Crippen LogP contribution in [0.5, 0.6) is 0 Å². The maximum atomic E-state index is 12.2. The monoisotopic (exact) mass is 248 g/mol. The maximum absolute atomic E-state index is 12.2. The van der Waals surface area contributed by atoms with Crippen molar-refractivity contribution in [3.05, 3.63) is 29.8 Å². The van der Waals surface area contributed by atoms with Crippen LogP contribution in [0.25, 0.3) is 0 Å². The number of carbonyl (C=O) groups excluding carboxylic acids is 1. The van der Waals surface area contributed by atoms with Gasteiger partial charge >= 0.3 is 0 Å². The van der Waals surface area contributed by atoms with Gasteiger partial charge in [0.25, 0.3) is 5.91 Å². The summed E-state index contributed by atoms with van der Waals surface area (Å²) >= 11 is 0. The average Bonchev–Trinajstić information content (AvgIpc) is 2.58. The van der Waals surface area contributed by atoms with Crippen LogP contribution in [0.2, 0.25) is 0 Å². The van der Waals surface area contributed by atoms with Crippen LogP contribution in [0.1, 0.15) is 19.4 Å². The van der Waals surface area contributed by atoms with E-state index in [-0.39, 0.29) is 18.6 Å². The van der Waals surface area contributed by atoms with Crippen LogP contribution in [0.3, 0.4) is 0 Å². The Morgan fingerprint density at radius 1 is 1.44 bits per heavy atom. The molecule has 1 aromatic carbocycles. The van der Waals surface area contributed by atoms with Gasteiger partial charge in [-0.1, -0.05) is 18.2 Å². The topological polar surface area (TPSA) is 41.6 Å². The molecule has 0 saturated carbocycles. The summed E-state index contributed by atoms with van der Waals surface area (Å²) in [5, 5.41) is 3.32. The summed E-state index contributed by atoms with van der Waals surface area (Å²) in [4.78, 5) is 14.0. The fraction of sp³-hybridized carbons (Fsp3) is 0.500. The Kier molecular flexibility index (Phi) is 4.33. The molecule has 1 aromatic rings. The molecule has 0 fully saturated rings. The molecule has 0 atom stereocenters. The van der Waals surface area contributed by atoms with Gasteiger partial charge in [-0.15, -0.1) is 0 Å². The summed E-state index contributed by atoms with van der Waals surface area (Å²) in [5.41, 5.74) is 2.16. The first-order valence-corrected chi connectivity index (χ1v) is 6.39. The molecule has 4 heteroatoms. The van der Waals surface area contributed by atoms with Crippen molar-refractivity contribution in [3.8, 4) is 0 Å². The first-order chi connectivity index (χ1) is 8.68. The van der Waals surface area contributed by atoms with Crippen LogP contribution in [0.15, 0.2) is 24.3 Å². The molecule has 18 heavy (non-hydrogen) atoms. The standard InChI is InChI=1S/C14H20N2O2/c1-11(2)18-10-14(17)16-8-7-15-9-12-5-3-4-6-13(12)16/h3-6,11,15H,7-10H2,1-2H3. The Bertz CT molecular complexity index is 418. The van der Waals surface area contributed by atoms with Gasteiger partial charge in [-0.05, 0) is 25.5 Å². The SMILES string of the molecule is CC(C)OCC(=O)N1CCNCc2ccccc21. The first kappa shape index (κ1) is 13.1. The molecule has 1 amide bonds. The number of benzene rings is 1. The summed E-state index contributed by atoms with van der Waals surface area (Å²) in [6.07, 6.45) is 0.0781. The lowest BCUT2D eigenvalue weighted by atomic mass is 10.1. The fourth-order valence-electron chi connectivity index (χ4n) is 2.03. The lowest BCUT2D eigenvalue weighted by Crippen LogP contribution is -2.37. The Morgan fingerprint density at radius 2 is 2.22 bits per heavy atom. The van der Waals surface area contributed by atoms with Crippen molar-refractivity contribution < 1.29 is 9.53 Å². The largest absolute Gasteiger partial charge is 0.369 e. The van der Waals surface area contributed by atoms with Crippen molar-refractivity contribution in [1.82, 2.24) is 5.32 Å². The zero-order valence-electron chi connectivity index (χ0n) is 11.0. The van der Waals surface area contributed by atoms with Crippen LogP contribution >= 0.6 is 0 Å². The lowest BCUT2D eigenvalue weighted by Gasteiger charge is -2.23. The second kappa shape index (κ2) is 5.98. The molecule has 98 valence electrons. The van der Waals surface area contributed by atoms with Gasteiger partial charge in [0.1, 0.15) is 6.61 Å². The number of anilines is 1. The highest BCUT2D eigenvalue weighted by molar-refractivity contribution is 5.95. The minimum Gasteiger partial charge on any atom is -0.369 e. The van der Waals surface area contributed by atoms with Crippen molar-refractivity contribution in [1.29, 1.82) is 0 Å². The van der Waals surface area contributed by atoms with E-state index >= 15 is 0 Å². The molecule has 0 radical (unpaired) electrons. The number of rotatable bonds is 3. The van der Waals surface area contributed by atoms with E-state index in [1.54, 1.807) is 0 Å². The van der Waals surface area contributed by atoms with Crippen LogP contribution in [-0.2, 0) is 16.1 Å². The average molecular weight is 248 g/mol. The third kappa shape index (κ3) is 3.09. The number of hydrogen-bond donors (Lipinski definition) is 1. The number of fused-ring (bicyclic) bond motifs is 1. The number of carbonyl (C=O) groups is 1. The molecular formula is C14H20N2O2. The van der Waals surface area contributed by atoms with E-state index < -0.39 is 0 Å². The van der Waals surface area contributed by atoms with Gasteiger partial charge in [-0.3, -0.25) is 4.79 Å². The summed E-state index contributed by atoms with van der Waals surface area (Å²) in [7, 11) is 0. The van der Waals surface area contributed by atoms with E-state index in [1.165, 1.54) is 0 Å². The van der Waals surface area contributed by atoms with Crippen LogP contribution in [0.4, 0.5) is 5.69 Å². The maximum Gasteiger partial charge on any atom is 0.253 e. The molecule has 0 spiro atoms. The van der Waals surface area contributed by atoms with Crippen LogP contribution < -0.4 is 10.2 Å². The summed E-state index contributed by atoms with van der Waals surface area (Å²) in [5.74, 6) is 0.0276. The molecule has 1 N–H and O–H groups in total. The molecule has 1 aliphatic heterocycles. The summed E-state index contributed by atoms with van der Waals surface area (Å²) in [6.45, 7) is 6.33. The van der Waals surface area contributed by atoms with E-state index in [2.05, 4.69) is 11.4 Å². The highest BCUT2D eigenvalue weighted by atomic mass is 16.5. The van der Waals surface area contributed by atoms with E-state index in [9.17, 15) is 4.79 Å². The van der Waals surface area contributed by atoms with Crippen molar-refractivity contribution in [2.75, 3.05) is 24.6 Å². The second-order valence-corrected chi connectivity index (χ2v) is 4.71. The van der Waals surface area contributed by atoms with E-state index in [4.69, 9.17) is 4.74 Å². The quantitative estimate of drug-likeness (QED) is 0.882. The zero-order chi connectivity index (χ0) is 13.0. The highest BCUT2D eigenvalue weighted by Gasteiger charge is 2.20. The van der Waals surface area contributed by atoms with Crippen LogP contribution in [0, 0.1) is 0 Å². The molecule has 0 aromatic heterocycles. The van der Waals surface area contributed by atoms with Gasteiger partial charge < -0.3 is 15.0 Å². The first-order valence-electron chi connectivity index (χ1n) is 6.39. The van der Waals surface area contributed by atoms with Gasteiger partial charge in [-0.25, -0.2) is 0 Å². The van der Waals surface area contributed by atoms with Crippen molar-refractivity contribution in [3.63, 3.8) is 0 Å². The number of para-hydroxylation sites is 1. The van der Waals surface area contributed by atoms with Crippen molar-refractivity contribution in [2.24, 2.45) is 0 Å². The third-order valence-electron chi connectivity index (χ3n) is 2.95. The normalized spacial score (nSPS) is 15.4. The molecule has 4 nitrogen and oxygen atoms in total. The second-order valence-electron chi connectivity index (χ2n) is 4.71. The van der Waals surface area contributed by atoms with Crippen molar-refractivity contribution >= 4 is 11.6 Å². The molecule has 1 heterocycles. The van der Waals surface area contributed by atoms with Gasteiger partial charge in [0, 0.05) is 25.3 Å². The van der Waals surface area contributed by atoms with E-state index in [0.717, 1.165) is 24.3 Å². The molecule has 1 aliphatic rings. The third-order valence-corrected chi connectivity index (χ3v) is 2.95. The zero-order valence-corrected chi connectivity index (χ0v) is 11.0. The lowest BCUT2D eigenvalue weighted by molar-refractivity contribution is -0.124. The van der Waals surface area contributed by atoms with E-state index in [1.807, 2.05) is 36.9 Å². The van der Waals surface area contributed by atoms with Gasteiger partial charge in [0.2, 0.25) is 0 Å². The highest BCUT2D eigenvalue weighted by Crippen LogP contribution is 2.22.